The number of rotatable bonds is 7. The monoisotopic (exact) mass is 504 g/mol. The minimum atomic E-state index is -3.15. The first-order chi connectivity index (χ1) is 17.3. The van der Waals surface area contributed by atoms with E-state index in [0.717, 1.165) is 34.2 Å². The fraction of sp³-hybridized carbons (Fsp3) is 0.280. The van der Waals surface area contributed by atoms with Crippen molar-refractivity contribution >= 4 is 21.7 Å². The van der Waals surface area contributed by atoms with Gasteiger partial charge in [-0.15, -0.1) is 0 Å². The van der Waals surface area contributed by atoms with E-state index in [1.807, 2.05) is 66.2 Å². The molecule has 0 bridgehead atoms. The van der Waals surface area contributed by atoms with Crippen molar-refractivity contribution in [3.05, 3.63) is 78.4 Å². The highest BCUT2D eigenvalue weighted by Gasteiger charge is 2.23. The van der Waals surface area contributed by atoms with Crippen molar-refractivity contribution in [2.24, 2.45) is 0 Å². The van der Waals surface area contributed by atoms with Crippen LogP contribution in [0.3, 0.4) is 0 Å². The largest absolute Gasteiger partial charge is 0.324 e. The van der Waals surface area contributed by atoms with Crippen LogP contribution in [0.5, 0.6) is 0 Å². The summed E-state index contributed by atoms with van der Waals surface area (Å²) in [5.41, 5.74) is 5.21. The second-order valence-electron chi connectivity index (χ2n) is 8.78. The molecular formula is C25H28N8O2S. The van der Waals surface area contributed by atoms with Crippen LogP contribution < -0.4 is 5.32 Å². The molecule has 4 aromatic rings. The summed E-state index contributed by atoms with van der Waals surface area (Å²) in [4.78, 5) is 16.0. The van der Waals surface area contributed by atoms with Gasteiger partial charge >= 0.3 is 0 Å². The summed E-state index contributed by atoms with van der Waals surface area (Å²) in [5.74, 6) is 0.478. The Hall–Kier alpha value is -3.67. The van der Waals surface area contributed by atoms with Gasteiger partial charge in [-0.25, -0.2) is 23.1 Å². The number of nitrogens with one attached hydrogen (secondary N) is 1. The predicted molar refractivity (Wildman–Crippen MR) is 139 cm³/mol. The summed E-state index contributed by atoms with van der Waals surface area (Å²) in [5, 5.41) is 7.77. The number of aromatic nitrogens is 5. The molecule has 186 valence electrons. The number of pyridine rings is 1. The normalized spacial score (nSPS) is 15.2. The van der Waals surface area contributed by atoms with Crippen LogP contribution in [0.4, 0.5) is 11.6 Å². The zero-order valence-corrected chi connectivity index (χ0v) is 21.1. The highest BCUT2D eigenvalue weighted by Crippen LogP contribution is 2.23. The summed E-state index contributed by atoms with van der Waals surface area (Å²) >= 11 is 0. The Morgan fingerprint density at radius 1 is 0.944 bits per heavy atom. The number of hydrogen-bond donors (Lipinski definition) is 1. The quantitative estimate of drug-likeness (QED) is 0.409. The highest BCUT2D eigenvalue weighted by atomic mass is 32.2. The number of benzene rings is 1. The fourth-order valence-electron chi connectivity index (χ4n) is 4.30. The second kappa shape index (κ2) is 10.1. The number of anilines is 2. The smallest absolute Gasteiger partial charge is 0.227 e. The molecule has 36 heavy (non-hydrogen) atoms. The van der Waals surface area contributed by atoms with Gasteiger partial charge in [-0.1, -0.05) is 18.2 Å². The minimum absolute atomic E-state index is 0.478. The van der Waals surface area contributed by atoms with Crippen LogP contribution in [0.1, 0.15) is 11.4 Å². The van der Waals surface area contributed by atoms with Gasteiger partial charge in [0.1, 0.15) is 0 Å². The first-order valence-electron chi connectivity index (χ1n) is 11.7. The summed E-state index contributed by atoms with van der Waals surface area (Å²) in [6, 6.07) is 17.7. The molecule has 1 N–H and O–H groups in total. The standard InChI is InChI=1S/C25H28N8O2S/c1-19-16-20(17-21(28-19)18-31-12-14-32(15-13-31)36(2,34)35)29-25-26-10-8-23(30-25)24-9-11-27-33(24)22-6-4-3-5-7-22/h3-11,16-17H,12-15,18H2,1-2H3,(H,26,28,29,30). The lowest BCUT2D eigenvalue weighted by Crippen LogP contribution is -2.47. The van der Waals surface area contributed by atoms with Crippen LogP contribution in [0.25, 0.3) is 17.1 Å². The summed E-state index contributed by atoms with van der Waals surface area (Å²) in [6.07, 6.45) is 4.74. The van der Waals surface area contributed by atoms with Crippen LogP contribution in [0.15, 0.2) is 67.0 Å². The van der Waals surface area contributed by atoms with Crippen LogP contribution in [-0.4, -0.2) is 74.8 Å². The number of para-hydroxylation sites is 1. The molecular weight excluding hydrogens is 476 g/mol. The molecule has 10 nitrogen and oxygen atoms in total. The molecule has 11 heteroatoms. The Bertz CT molecular complexity index is 1450. The van der Waals surface area contributed by atoms with Crippen LogP contribution in [-0.2, 0) is 16.6 Å². The van der Waals surface area contributed by atoms with Gasteiger partial charge in [0.2, 0.25) is 16.0 Å². The summed E-state index contributed by atoms with van der Waals surface area (Å²) < 4.78 is 26.9. The molecule has 0 spiro atoms. The SMILES string of the molecule is Cc1cc(Nc2nccc(-c3ccnn3-c3ccccc3)n2)cc(CN2CCN(S(C)(=O)=O)CC2)n1. The van der Waals surface area contributed by atoms with Crippen LogP contribution >= 0.6 is 0 Å². The fourth-order valence-corrected chi connectivity index (χ4v) is 5.13. The van der Waals surface area contributed by atoms with Gasteiger partial charge in [0.05, 0.1) is 35.2 Å². The van der Waals surface area contributed by atoms with E-state index in [0.29, 0.717) is 38.7 Å². The average Bonchev–Trinajstić information content (AvgIpc) is 3.34. The average molecular weight is 505 g/mol. The molecule has 3 aromatic heterocycles. The summed E-state index contributed by atoms with van der Waals surface area (Å²) in [7, 11) is -3.15. The Labute approximate surface area is 210 Å². The molecule has 0 atom stereocenters. The lowest BCUT2D eigenvalue weighted by Gasteiger charge is -2.33. The molecule has 0 radical (unpaired) electrons. The van der Waals surface area contributed by atoms with Crippen LogP contribution in [0, 0.1) is 6.92 Å². The Morgan fingerprint density at radius 3 is 2.47 bits per heavy atom. The van der Waals surface area contributed by atoms with Gasteiger partial charge in [-0.2, -0.15) is 9.40 Å². The van der Waals surface area contributed by atoms with Gasteiger partial charge in [-0.05, 0) is 43.3 Å². The zero-order chi connectivity index (χ0) is 25.1. The zero-order valence-electron chi connectivity index (χ0n) is 20.2. The maximum atomic E-state index is 11.8. The third-order valence-corrected chi connectivity index (χ3v) is 7.31. The van der Waals surface area contributed by atoms with E-state index in [4.69, 9.17) is 4.98 Å². The molecule has 0 unspecified atom stereocenters. The van der Waals surface area contributed by atoms with Crippen molar-refractivity contribution in [3.63, 3.8) is 0 Å². The molecule has 1 aliphatic rings. The van der Waals surface area contributed by atoms with E-state index in [1.165, 1.54) is 10.6 Å². The molecule has 4 heterocycles. The minimum Gasteiger partial charge on any atom is -0.324 e. The van der Waals surface area contributed by atoms with Gasteiger partial charge in [0.25, 0.3) is 0 Å². The lowest BCUT2D eigenvalue weighted by atomic mass is 10.2. The first-order valence-corrected chi connectivity index (χ1v) is 13.5. The third kappa shape index (κ3) is 5.59. The van der Waals surface area contributed by atoms with Gasteiger partial charge < -0.3 is 5.32 Å². The molecule has 1 fully saturated rings. The van der Waals surface area contributed by atoms with Gasteiger partial charge in [0, 0.05) is 50.3 Å². The Kier molecular flexibility index (Phi) is 6.77. The van der Waals surface area contributed by atoms with Crippen molar-refractivity contribution in [3.8, 4) is 17.1 Å². The van der Waals surface area contributed by atoms with E-state index in [1.54, 1.807) is 12.4 Å². The van der Waals surface area contributed by atoms with Crippen molar-refractivity contribution < 1.29 is 8.42 Å². The van der Waals surface area contributed by atoms with E-state index in [9.17, 15) is 8.42 Å². The number of aryl methyl sites for hydroxylation is 1. The van der Waals surface area contributed by atoms with Crippen molar-refractivity contribution in [2.75, 3.05) is 37.8 Å². The maximum Gasteiger partial charge on any atom is 0.227 e. The van der Waals surface area contributed by atoms with Crippen molar-refractivity contribution in [2.45, 2.75) is 13.5 Å². The van der Waals surface area contributed by atoms with E-state index >= 15 is 0 Å². The van der Waals surface area contributed by atoms with Crippen molar-refractivity contribution in [1.82, 2.24) is 33.9 Å². The Balaban J connectivity index is 1.31. The first kappa shape index (κ1) is 24.0. The number of sulfonamides is 1. The molecule has 1 saturated heterocycles. The molecule has 1 aliphatic heterocycles. The van der Waals surface area contributed by atoms with Crippen LogP contribution in [0.2, 0.25) is 0 Å². The predicted octanol–water partition coefficient (Wildman–Crippen LogP) is 2.85. The van der Waals surface area contributed by atoms with E-state index in [2.05, 4.69) is 25.3 Å². The second-order valence-corrected chi connectivity index (χ2v) is 10.8. The number of hydrogen-bond acceptors (Lipinski definition) is 8. The van der Waals surface area contributed by atoms with E-state index < -0.39 is 10.0 Å². The Morgan fingerprint density at radius 2 is 1.72 bits per heavy atom. The molecule has 1 aromatic carbocycles. The van der Waals surface area contributed by atoms with E-state index in [-0.39, 0.29) is 0 Å². The topological polar surface area (TPSA) is 109 Å². The van der Waals surface area contributed by atoms with Gasteiger partial charge in [-0.3, -0.25) is 9.88 Å². The highest BCUT2D eigenvalue weighted by molar-refractivity contribution is 7.88. The third-order valence-electron chi connectivity index (χ3n) is 6.01. The molecule has 0 amide bonds. The maximum absolute atomic E-state index is 11.8. The number of nitrogens with zero attached hydrogens (tertiary/aromatic N) is 7. The number of piperazine rings is 1. The molecule has 0 saturated carbocycles. The molecule has 0 aliphatic carbocycles. The van der Waals surface area contributed by atoms with Gasteiger partial charge in [0.15, 0.2) is 0 Å². The lowest BCUT2D eigenvalue weighted by molar-refractivity contribution is 0.180. The van der Waals surface area contributed by atoms with Crippen molar-refractivity contribution in [1.29, 1.82) is 0 Å². The summed E-state index contributed by atoms with van der Waals surface area (Å²) in [6.45, 7) is 4.93. The molecule has 5 rings (SSSR count).